The lowest BCUT2D eigenvalue weighted by atomic mass is 10.1. The maximum Gasteiger partial charge on any atom is 0.350 e. The molecule has 1 aromatic carbocycles. The molecule has 0 saturated heterocycles. The number of hydrogen-bond acceptors (Lipinski definition) is 5. The van der Waals surface area contributed by atoms with Gasteiger partial charge in [-0.3, -0.25) is 9.36 Å². The lowest BCUT2D eigenvalue weighted by Gasteiger charge is -2.17. The van der Waals surface area contributed by atoms with Crippen molar-refractivity contribution >= 4 is 5.91 Å². The number of amides is 1. The summed E-state index contributed by atoms with van der Waals surface area (Å²) in [5, 5.41) is 6.79. The molecule has 1 N–H and O–H groups in total. The number of aromatic nitrogens is 3. The molecule has 0 spiro atoms. The van der Waals surface area contributed by atoms with Crippen LogP contribution in [0.25, 0.3) is 5.69 Å². The summed E-state index contributed by atoms with van der Waals surface area (Å²) in [6.07, 6.45) is 0.151. The number of nitrogens with one attached hydrogen (secondary N) is 1. The molecular weight excluding hydrogens is 410 g/mol. The highest BCUT2D eigenvalue weighted by molar-refractivity contribution is 5.94. The average Bonchev–Trinajstić information content (AvgIpc) is 3.02. The highest BCUT2D eigenvalue weighted by atomic mass is 19.1. The van der Waals surface area contributed by atoms with Crippen LogP contribution in [0.2, 0.25) is 0 Å². The third kappa shape index (κ3) is 5.56. The number of carbonyl (C=O) groups excluding carboxylic acids is 1. The fourth-order valence-electron chi connectivity index (χ4n) is 3.21. The van der Waals surface area contributed by atoms with E-state index in [4.69, 9.17) is 9.47 Å². The fourth-order valence-corrected chi connectivity index (χ4v) is 3.21. The summed E-state index contributed by atoms with van der Waals surface area (Å²) in [7, 11) is 1.46. The van der Waals surface area contributed by atoms with Crippen LogP contribution in [-0.2, 0) is 16.5 Å². The fraction of sp³-hybridized carbons (Fsp3) is 0.571. The molecule has 0 aliphatic heterocycles. The van der Waals surface area contributed by atoms with Gasteiger partial charge in [0.15, 0.2) is 12.1 Å². The van der Waals surface area contributed by atoms with Crippen molar-refractivity contribution in [3.63, 3.8) is 0 Å². The van der Waals surface area contributed by atoms with Gasteiger partial charge in [0.1, 0.15) is 23.4 Å². The summed E-state index contributed by atoms with van der Waals surface area (Å²) in [6.45, 7) is 9.42. The van der Waals surface area contributed by atoms with Gasteiger partial charge in [-0.1, -0.05) is 13.8 Å². The SMILES string of the molecule is CCOC(C)OC(C)c1nn(-c2cc(F)c(C(=O)NC(CC)CC)cc2F)c(=O)n1C. The Bertz CT molecular complexity index is 969. The van der Waals surface area contributed by atoms with Gasteiger partial charge in [0.25, 0.3) is 5.91 Å². The van der Waals surface area contributed by atoms with Gasteiger partial charge in [-0.15, -0.1) is 5.10 Å². The minimum absolute atomic E-state index is 0.142. The van der Waals surface area contributed by atoms with Crippen LogP contribution >= 0.6 is 0 Å². The zero-order valence-corrected chi connectivity index (χ0v) is 18.7. The summed E-state index contributed by atoms with van der Waals surface area (Å²) >= 11 is 0. The summed E-state index contributed by atoms with van der Waals surface area (Å²) < 4.78 is 42.4. The van der Waals surface area contributed by atoms with Gasteiger partial charge in [0, 0.05) is 25.8 Å². The Hall–Kier alpha value is -2.59. The van der Waals surface area contributed by atoms with Crippen molar-refractivity contribution < 1.29 is 23.0 Å². The normalized spacial score (nSPS) is 13.5. The Kier molecular flexibility index (Phi) is 8.46. The summed E-state index contributed by atoms with van der Waals surface area (Å²) in [6, 6.07) is 1.43. The van der Waals surface area contributed by atoms with E-state index in [0.29, 0.717) is 19.4 Å². The van der Waals surface area contributed by atoms with Gasteiger partial charge in [-0.2, -0.15) is 4.68 Å². The second-order valence-electron chi connectivity index (χ2n) is 7.18. The van der Waals surface area contributed by atoms with Crippen LogP contribution in [0.15, 0.2) is 16.9 Å². The van der Waals surface area contributed by atoms with E-state index in [2.05, 4.69) is 10.4 Å². The molecule has 8 nitrogen and oxygen atoms in total. The molecule has 0 radical (unpaired) electrons. The van der Waals surface area contributed by atoms with E-state index in [1.54, 1.807) is 13.8 Å². The maximum atomic E-state index is 14.8. The van der Waals surface area contributed by atoms with Gasteiger partial charge in [-0.25, -0.2) is 13.6 Å². The first kappa shape index (κ1) is 24.7. The minimum Gasteiger partial charge on any atom is -0.353 e. The van der Waals surface area contributed by atoms with Crippen molar-refractivity contribution in [2.24, 2.45) is 7.05 Å². The standard InChI is InChI=1S/C21H30F2N4O4/c1-7-14(8-2)24-20(28)15-10-17(23)18(11-16(15)22)27-21(29)26(6)19(25-27)12(4)31-13(5)30-9-3/h10-14H,7-9H2,1-6H3,(H,24,28). The first-order valence-electron chi connectivity index (χ1n) is 10.4. The van der Waals surface area contributed by atoms with Crippen LogP contribution in [0, 0.1) is 11.6 Å². The van der Waals surface area contributed by atoms with Crippen LogP contribution in [0.3, 0.4) is 0 Å². The Balaban J connectivity index is 2.38. The van der Waals surface area contributed by atoms with Crippen LogP contribution in [-0.4, -0.2) is 39.2 Å². The van der Waals surface area contributed by atoms with Crippen molar-refractivity contribution in [1.29, 1.82) is 0 Å². The smallest absolute Gasteiger partial charge is 0.350 e. The van der Waals surface area contributed by atoms with Crippen molar-refractivity contribution in [2.75, 3.05) is 6.61 Å². The van der Waals surface area contributed by atoms with Crippen molar-refractivity contribution in [3.05, 3.63) is 45.6 Å². The number of halogens is 2. The first-order chi connectivity index (χ1) is 14.6. The maximum absolute atomic E-state index is 14.8. The molecule has 1 aromatic heterocycles. The Labute approximate surface area is 180 Å². The lowest BCUT2D eigenvalue weighted by molar-refractivity contribution is -0.156. The van der Waals surface area contributed by atoms with Crippen molar-refractivity contribution in [3.8, 4) is 5.69 Å². The molecular formula is C21H30F2N4O4. The lowest BCUT2D eigenvalue weighted by Crippen LogP contribution is -2.34. The number of rotatable bonds is 10. The average molecular weight is 440 g/mol. The summed E-state index contributed by atoms with van der Waals surface area (Å²) in [4.78, 5) is 24.9. The monoisotopic (exact) mass is 440 g/mol. The zero-order valence-electron chi connectivity index (χ0n) is 18.7. The van der Waals surface area contributed by atoms with E-state index < -0.39 is 46.9 Å². The van der Waals surface area contributed by atoms with Crippen LogP contribution < -0.4 is 11.0 Å². The molecule has 0 aliphatic carbocycles. The van der Waals surface area contributed by atoms with Crippen molar-refractivity contribution in [2.45, 2.75) is 65.9 Å². The Morgan fingerprint density at radius 3 is 2.39 bits per heavy atom. The largest absolute Gasteiger partial charge is 0.353 e. The predicted octanol–water partition coefficient (Wildman–Crippen LogP) is 3.23. The Morgan fingerprint density at radius 1 is 1.16 bits per heavy atom. The van der Waals surface area contributed by atoms with Gasteiger partial charge in [0.2, 0.25) is 0 Å². The van der Waals surface area contributed by atoms with E-state index in [9.17, 15) is 18.4 Å². The molecule has 31 heavy (non-hydrogen) atoms. The third-order valence-electron chi connectivity index (χ3n) is 5.01. The van der Waals surface area contributed by atoms with E-state index in [1.165, 1.54) is 11.6 Å². The van der Waals surface area contributed by atoms with Crippen LogP contribution in [0.1, 0.15) is 69.7 Å². The molecule has 2 atom stereocenters. The van der Waals surface area contributed by atoms with E-state index in [-0.39, 0.29) is 11.9 Å². The number of ether oxygens (including phenoxy) is 2. The molecule has 0 fully saturated rings. The van der Waals surface area contributed by atoms with Gasteiger partial charge >= 0.3 is 5.69 Å². The second kappa shape index (κ2) is 10.6. The van der Waals surface area contributed by atoms with E-state index in [0.717, 1.165) is 16.8 Å². The van der Waals surface area contributed by atoms with Crippen LogP contribution in [0.4, 0.5) is 8.78 Å². The molecule has 172 valence electrons. The van der Waals surface area contributed by atoms with Crippen LogP contribution in [0.5, 0.6) is 0 Å². The van der Waals surface area contributed by atoms with Crippen molar-refractivity contribution in [1.82, 2.24) is 19.7 Å². The predicted molar refractivity (Wildman–Crippen MR) is 111 cm³/mol. The number of hydrogen-bond donors (Lipinski definition) is 1. The molecule has 0 aliphatic rings. The molecule has 2 rings (SSSR count). The number of nitrogens with zero attached hydrogens (tertiary/aromatic N) is 3. The van der Waals surface area contributed by atoms with E-state index >= 15 is 0 Å². The zero-order chi connectivity index (χ0) is 23.3. The Morgan fingerprint density at radius 2 is 1.81 bits per heavy atom. The highest BCUT2D eigenvalue weighted by Gasteiger charge is 2.24. The molecule has 0 bridgehead atoms. The molecule has 1 amide bonds. The summed E-state index contributed by atoms with van der Waals surface area (Å²) in [5.41, 5.74) is -1.50. The summed E-state index contributed by atoms with van der Waals surface area (Å²) in [5.74, 6) is -2.39. The molecule has 2 unspecified atom stereocenters. The molecule has 1 heterocycles. The highest BCUT2D eigenvalue weighted by Crippen LogP contribution is 2.20. The molecule has 0 saturated carbocycles. The van der Waals surface area contributed by atoms with E-state index in [1.807, 2.05) is 20.8 Å². The van der Waals surface area contributed by atoms with Gasteiger partial charge in [-0.05, 0) is 39.7 Å². The molecule has 10 heteroatoms. The number of benzene rings is 1. The second-order valence-corrected chi connectivity index (χ2v) is 7.18. The minimum atomic E-state index is -0.951. The van der Waals surface area contributed by atoms with Gasteiger partial charge in [0.05, 0.1) is 5.56 Å². The third-order valence-corrected chi connectivity index (χ3v) is 5.01. The first-order valence-corrected chi connectivity index (χ1v) is 10.4. The molecule has 2 aromatic rings. The number of carbonyl (C=O) groups is 1. The quantitative estimate of drug-likeness (QED) is 0.573. The van der Waals surface area contributed by atoms with Gasteiger partial charge < -0.3 is 14.8 Å². The topological polar surface area (TPSA) is 87.4 Å².